The van der Waals surface area contributed by atoms with E-state index in [1.807, 2.05) is 29.2 Å². The van der Waals surface area contributed by atoms with E-state index in [1.165, 1.54) is 23.9 Å². The van der Waals surface area contributed by atoms with Crippen molar-refractivity contribution in [3.05, 3.63) is 58.9 Å². The molecule has 0 bridgehead atoms. The lowest BCUT2D eigenvalue weighted by Gasteiger charge is -2.25. The zero-order valence-electron chi connectivity index (χ0n) is 15.0. The summed E-state index contributed by atoms with van der Waals surface area (Å²) in [6.45, 7) is 0.392. The molecule has 9 heteroatoms. The molecule has 5 nitrogen and oxygen atoms in total. The molecular formula is C19H18ClFN2O3S2. The summed E-state index contributed by atoms with van der Waals surface area (Å²) in [6.07, 6.45) is 0. The highest BCUT2D eigenvalue weighted by molar-refractivity contribution is 8.15. The molecule has 0 unspecified atom stereocenters. The van der Waals surface area contributed by atoms with Crippen LogP contribution in [0.3, 0.4) is 0 Å². The molecule has 2 heterocycles. The Morgan fingerprint density at radius 1 is 1.25 bits per heavy atom. The molecule has 0 spiro atoms. The van der Waals surface area contributed by atoms with E-state index in [0.717, 1.165) is 22.2 Å². The van der Waals surface area contributed by atoms with Crippen molar-refractivity contribution in [2.45, 2.75) is 17.8 Å². The molecule has 2 aromatic rings. The fraction of sp³-hybridized carbons (Fsp3) is 0.316. The van der Waals surface area contributed by atoms with Crippen LogP contribution in [0, 0.1) is 5.82 Å². The average Bonchev–Trinajstić information content (AvgIpc) is 3.14. The molecule has 148 valence electrons. The third kappa shape index (κ3) is 3.99. The normalized spacial score (nSPS) is 22.6. The first-order valence-corrected chi connectivity index (χ1v) is 11.7. The highest BCUT2D eigenvalue weighted by Gasteiger charge is 2.44. The SMILES string of the molecule is COc1ccc(N(Cc2ccc(F)cc2Cl)C2=N[C@@H]3CS(=O)(=O)C[C@H]3S2)cc1. The van der Waals surface area contributed by atoms with Crippen molar-refractivity contribution >= 4 is 44.1 Å². The second kappa shape index (κ2) is 7.57. The molecule has 28 heavy (non-hydrogen) atoms. The van der Waals surface area contributed by atoms with E-state index in [9.17, 15) is 12.8 Å². The number of ether oxygens (including phenoxy) is 1. The zero-order valence-corrected chi connectivity index (χ0v) is 17.4. The Morgan fingerprint density at radius 3 is 2.64 bits per heavy atom. The van der Waals surface area contributed by atoms with Crippen LogP contribution in [0.4, 0.5) is 10.1 Å². The first-order chi connectivity index (χ1) is 13.3. The minimum atomic E-state index is -3.02. The van der Waals surface area contributed by atoms with E-state index >= 15 is 0 Å². The van der Waals surface area contributed by atoms with Gasteiger partial charge in [-0.25, -0.2) is 12.8 Å². The fourth-order valence-electron chi connectivity index (χ4n) is 3.32. The van der Waals surface area contributed by atoms with Crippen LogP contribution in [-0.4, -0.2) is 43.5 Å². The van der Waals surface area contributed by atoms with Gasteiger partial charge in [0.2, 0.25) is 0 Å². The first kappa shape index (κ1) is 19.5. The van der Waals surface area contributed by atoms with E-state index in [1.54, 1.807) is 13.2 Å². The molecule has 0 saturated carbocycles. The zero-order chi connectivity index (χ0) is 19.9. The summed E-state index contributed by atoms with van der Waals surface area (Å²) in [4.78, 5) is 6.67. The van der Waals surface area contributed by atoms with Gasteiger partial charge in [-0.2, -0.15) is 0 Å². The van der Waals surface area contributed by atoms with Crippen LogP contribution in [0.1, 0.15) is 5.56 Å². The molecule has 0 N–H and O–H groups in total. The number of thioether (sulfide) groups is 1. The molecule has 2 atom stereocenters. The molecule has 2 aromatic carbocycles. The molecule has 2 aliphatic heterocycles. The van der Waals surface area contributed by atoms with Crippen molar-refractivity contribution < 1.29 is 17.5 Å². The van der Waals surface area contributed by atoms with Crippen molar-refractivity contribution in [2.75, 3.05) is 23.5 Å². The van der Waals surface area contributed by atoms with E-state index < -0.39 is 15.7 Å². The topological polar surface area (TPSA) is 59.0 Å². The van der Waals surface area contributed by atoms with Crippen molar-refractivity contribution in [1.82, 2.24) is 0 Å². The molecular weight excluding hydrogens is 423 g/mol. The molecule has 1 saturated heterocycles. The number of nitrogens with zero attached hydrogens (tertiary/aromatic N) is 2. The number of amidine groups is 1. The van der Waals surface area contributed by atoms with E-state index in [4.69, 9.17) is 16.3 Å². The van der Waals surface area contributed by atoms with Gasteiger partial charge in [0.05, 0.1) is 31.2 Å². The van der Waals surface area contributed by atoms with Gasteiger partial charge >= 0.3 is 0 Å². The number of halogens is 2. The van der Waals surface area contributed by atoms with Gasteiger partial charge in [0.1, 0.15) is 11.6 Å². The third-order valence-corrected chi connectivity index (χ3v) is 8.36. The minimum Gasteiger partial charge on any atom is -0.497 e. The number of aliphatic imine (C=N–C) groups is 1. The lowest BCUT2D eigenvalue weighted by molar-refractivity contribution is 0.415. The van der Waals surface area contributed by atoms with E-state index in [0.29, 0.717) is 11.6 Å². The standard InChI is InChI=1S/C19H18ClFN2O3S2/c1-26-15-6-4-14(5-7-15)23(9-12-2-3-13(21)8-16(12)20)19-22-17-10-28(24,25)11-18(17)27-19/h2-8,17-18H,9-11H2,1H3/t17-,18-/m1/s1. The monoisotopic (exact) mass is 440 g/mol. The number of benzene rings is 2. The molecule has 0 amide bonds. The van der Waals surface area contributed by atoms with Crippen LogP contribution >= 0.6 is 23.4 Å². The van der Waals surface area contributed by atoms with Gasteiger partial charge in [0.15, 0.2) is 15.0 Å². The molecule has 4 rings (SSSR count). The fourth-order valence-corrected chi connectivity index (χ4v) is 7.33. The molecule has 0 aliphatic carbocycles. The smallest absolute Gasteiger partial charge is 0.164 e. The van der Waals surface area contributed by atoms with Crippen LogP contribution < -0.4 is 9.64 Å². The Balaban J connectivity index is 1.67. The van der Waals surface area contributed by atoms with E-state index in [-0.39, 0.29) is 22.8 Å². The molecule has 0 radical (unpaired) electrons. The Morgan fingerprint density at radius 2 is 2.00 bits per heavy atom. The highest BCUT2D eigenvalue weighted by Crippen LogP contribution is 2.38. The lowest BCUT2D eigenvalue weighted by atomic mass is 10.2. The second-order valence-electron chi connectivity index (χ2n) is 6.73. The van der Waals surface area contributed by atoms with Gasteiger partial charge in [0.25, 0.3) is 0 Å². The maximum Gasteiger partial charge on any atom is 0.164 e. The van der Waals surface area contributed by atoms with Crippen LogP contribution in [-0.2, 0) is 16.4 Å². The number of sulfone groups is 1. The van der Waals surface area contributed by atoms with Gasteiger partial charge in [-0.05, 0) is 42.0 Å². The van der Waals surface area contributed by atoms with Crippen LogP contribution in [0.25, 0.3) is 0 Å². The summed E-state index contributed by atoms with van der Waals surface area (Å²) < 4.78 is 42.4. The number of fused-ring (bicyclic) bond motifs is 1. The Bertz CT molecular complexity index is 1030. The van der Waals surface area contributed by atoms with Crippen molar-refractivity contribution in [1.29, 1.82) is 0 Å². The summed E-state index contributed by atoms with van der Waals surface area (Å²) in [6, 6.07) is 11.6. The van der Waals surface area contributed by atoms with Crippen LogP contribution in [0.15, 0.2) is 47.5 Å². The Kier molecular flexibility index (Phi) is 5.28. The third-order valence-electron chi connectivity index (χ3n) is 4.76. The first-order valence-electron chi connectivity index (χ1n) is 8.65. The predicted octanol–water partition coefficient (Wildman–Crippen LogP) is 3.76. The van der Waals surface area contributed by atoms with Gasteiger partial charge in [-0.3, -0.25) is 4.99 Å². The summed E-state index contributed by atoms with van der Waals surface area (Å²) in [5.41, 5.74) is 1.63. The molecule has 0 aromatic heterocycles. The summed E-state index contributed by atoms with van der Waals surface area (Å²) in [7, 11) is -1.42. The highest BCUT2D eigenvalue weighted by atomic mass is 35.5. The van der Waals surface area contributed by atoms with Crippen LogP contribution in [0.2, 0.25) is 5.02 Å². The maximum absolute atomic E-state index is 13.4. The quantitative estimate of drug-likeness (QED) is 0.724. The van der Waals surface area contributed by atoms with E-state index in [2.05, 4.69) is 4.99 Å². The molecule has 2 aliphatic rings. The van der Waals surface area contributed by atoms with Gasteiger partial charge in [-0.15, -0.1) is 0 Å². The summed E-state index contributed by atoms with van der Waals surface area (Å²) in [5, 5.41) is 1.02. The predicted molar refractivity (Wildman–Crippen MR) is 112 cm³/mol. The van der Waals surface area contributed by atoms with Gasteiger partial charge in [-0.1, -0.05) is 29.4 Å². The Labute approximate surface area is 172 Å². The molecule has 1 fully saturated rings. The van der Waals surface area contributed by atoms with Crippen molar-refractivity contribution in [3.63, 3.8) is 0 Å². The largest absolute Gasteiger partial charge is 0.497 e. The Hall–Kier alpha value is -1.77. The van der Waals surface area contributed by atoms with Crippen molar-refractivity contribution in [3.8, 4) is 5.75 Å². The van der Waals surface area contributed by atoms with Gasteiger partial charge in [0, 0.05) is 16.0 Å². The minimum absolute atomic E-state index is 0.0653. The average molecular weight is 441 g/mol. The van der Waals surface area contributed by atoms with Gasteiger partial charge < -0.3 is 9.64 Å². The lowest BCUT2D eigenvalue weighted by Crippen LogP contribution is -2.28. The number of rotatable bonds is 4. The maximum atomic E-state index is 13.4. The van der Waals surface area contributed by atoms with Crippen molar-refractivity contribution in [2.24, 2.45) is 4.99 Å². The number of methoxy groups -OCH3 is 1. The number of anilines is 1. The summed E-state index contributed by atoms with van der Waals surface area (Å²) in [5.74, 6) is 0.565. The summed E-state index contributed by atoms with van der Waals surface area (Å²) >= 11 is 7.71. The second-order valence-corrected chi connectivity index (χ2v) is 10.5. The number of hydrogen-bond donors (Lipinski definition) is 0. The van der Waals surface area contributed by atoms with Crippen LogP contribution in [0.5, 0.6) is 5.75 Å². The number of hydrogen-bond acceptors (Lipinski definition) is 6.